The van der Waals surface area contributed by atoms with E-state index >= 15 is 0 Å². The Bertz CT molecular complexity index is 1130. The highest BCUT2D eigenvalue weighted by atomic mass is 19.1. The summed E-state index contributed by atoms with van der Waals surface area (Å²) < 4.78 is 14.2. The second kappa shape index (κ2) is 8.02. The minimum absolute atomic E-state index is 0.0595. The summed E-state index contributed by atoms with van der Waals surface area (Å²) in [4.78, 5) is 34.4. The third-order valence-corrected chi connectivity index (χ3v) is 5.32. The lowest BCUT2D eigenvalue weighted by atomic mass is 9.91. The molecule has 6 nitrogen and oxygen atoms in total. The standard InChI is InChI=1S/C23H21FN4O2/c1-14-10-16-7-9-28(21-19(24)4-3-8-26-21)23(30)18(16)12-17(14)11-15-5-6-20(27-13-15)22(29)25-2/h3-6,8,10,12-13H,7,9,11H2,1-2H3,(H,25,29). The average molecular weight is 404 g/mol. The van der Waals surface area contributed by atoms with Crippen LogP contribution in [0.1, 0.15) is 43.1 Å². The van der Waals surface area contributed by atoms with Crippen LogP contribution in [0.3, 0.4) is 0 Å². The zero-order valence-corrected chi connectivity index (χ0v) is 16.8. The Morgan fingerprint density at radius 1 is 1.23 bits per heavy atom. The number of rotatable bonds is 4. The molecule has 7 heteroatoms. The van der Waals surface area contributed by atoms with Gasteiger partial charge >= 0.3 is 0 Å². The lowest BCUT2D eigenvalue weighted by molar-refractivity contribution is 0.0955. The van der Waals surface area contributed by atoms with Crippen molar-refractivity contribution in [1.29, 1.82) is 0 Å². The smallest absolute Gasteiger partial charge is 0.269 e. The second-order valence-corrected chi connectivity index (χ2v) is 7.26. The third-order valence-electron chi connectivity index (χ3n) is 5.32. The fourth-order valence-electron chi connectivity index (χ4n) is 3.68. The lowest BCUT2D eigenvalue weighted by Crippen LogP contribution is -2.39. The van der Waals surface area contributed by atoms with E-state index in [4.69, 9.17) is 0 Å². The summed E-state index contributed by atoms with van der Waals surface area (Å²) in [6.07, 6.45) is 4.37. The van der Waals surface area contributed by atoms with Crippen LogP contribution in [0.15, 0.2) is 48.8 Å². The summed E-state index contributed by atoms with van der Waals surface area (Å²) in [5, 5.41) is 2.54. The van der Waals surface area contributed by atoms with Crippen molar-refractivity contribution in [1.82, 2.24) is 15.3 Å². The van der Waals surface area contributed by atoms with Crippen LogP contribution in [0.25, 0.3) is 0 Å². The highest BCUT2D eigenvalue weighted by molar-refractivity contribution is 6.08. The molecule has 0 atom stereocenters. The van der Waals surface area contributed by atoms with E-state index in [0.717, 1.165) is 22.3 Å². The molecule has 3 aromatic rings. The molecule has 152 valence electrons. The molecule has 2 amide bonds. The Morgan fingerprint density at radius 3 is 2.77 bits per heavy atom. The van der Waals surface area contributed by atoms with Gasteiger partial charge in [0.15, 0.2) is 11.6 Å². The first kappa shape index (κ1) is 19.7. The van der Waals surface area contributed by atoms with E-state index in [9.17, 15) is 14.0 Å². The zero-order valence-electron chi connectivity index (χ0n) is 16.8. The largest absolute Gasteiger partial charge is 0.354 e. The number of hydrogen-bond donors (Lipinski definition) is 1. The number of amides is 2. The first-order valence-electron chi connectivity index (χ1n) is 9.69. The number of anilines is 1. The minimum atomic E-state index is -0.510. The molecule has 1 aliphatic rings. The third kappa shape index (κ3) is 3.66. The molecule has 0 bridgehead atoms. The van der Waals surface area contributed by atoms with Crippen LogP contribution in [0.4, 0.5) is 10.2 Å². The molecule has 0 saturated heterocycles. The summed E-state index contributed by atoms with van der Waals surface area (Å²) in [6.45, 7) is 2.40. The van der Waals surface area contributed by atoms with Crippen LogP contribution in [-0.2, 0) is 12.8 Å². The first-order chi connectivity index (χ1) is 14.5. The number of pyridine rings is 2. The minimum Gasteiger partial charge on any atom is -0.354 e. The molecule has 1 N–H and O–H groups in total. The second-order valence-electron chi connectivity index (χ2n) is 7.26. The van der Waals surface area contributed by atoms with E-state index in [1.54, 1.807) is 19.3 Å². The van der Waals surface area contributed by atoms with Crippen LogP contribution in [-0.4, -0.2) is 35.4 Å². The van der Waals surface area contributed by atoms with E-state index in [0.29, 0.717) is 30.6 Å². The summed E-state index contributed by atoms with van der Waals surface area (Å²) in [6, 6.07) is 10.3. The van der Waals surface area contributed by atoms with E-state index in [1.807, 2.05) is 25.1 Å². The fraction of sp³-hybridized carbons (Fsp3) is 0.217. The van der Waals surface area contributed by atoms with Crippen molar-refractivity contribution in [3.63, 3.8) is 0 Å². The van der Waals surface area contributed by atoms with Crippen molar-refractivity contribution in [3.8, 4) is 0 Å². The molecule has 0 fully saturated rings. The monoisotopic (exact) mass is 404 g/mol. The SMILES string of the molecule is CNC(=O)c1ccc(Cc2cc3c(cc2C)CCN(c2ncccc2F)C3=O)cn1. The Hall–Kier alpha value is -3.61. The van der Waals surface area contributed by atoms with E-state index < -0.39 is 5.82 Å². The van der Waals surface area contributed by atoms with Gasteiger partial charge in [-0.3, -0.25) is 19.5 Å². The van der Waals surface area contributed by atoms with Crippen LogP contribution in [0, 0.1) is 12.7 Å². The number of hydrogen-bond acceptors (Lipinski definition) is 4. The van der Waals surface area contributed by atoms with Gasteiger partial charge in [0, 0.05) is 31.5 Å². The highest BCUT2D eigenvalue weighted by Gasteiger charge is 2.28. The van der Waals surface area contributed by atoms with E-state index in [-0.39, 0.29) is 17.6 Å². The Kier molecular flexibility index (Phi) is 5.27. The molecule has 30 heavy (non-hydrogen) atoms. The van der Waals surface area contributed by atoms with Crippen molar-refractivity contribution < 1.29 is 14.0 Å². The molecule has 3 heterocycles. The molecular weight excluding hydrogens is 383 g/mol. The first-order valence-corrected chi connectivity index (χ1v) is 9.69. The van der Waals surface area contributed by atoms with Crippen molar-refractivity contribution in [2.75, 3.05) is 18.5 Å². The number of nitrogens with one attached hydrogen (secondary N) is 1. The summed E-state index contributed by atoms with van der Waals surface area (Å²) in [5.41, 5.74) is 4.88. The number of carbonyl (C=O) groups is 2. The molecule has 2 aromatic heterocycles. The van der Waals surface area contributed by atoms with Gasteiger partial charge in [-0.15, -0.1) is 0 Å². The summed E-state index contributed by atoms with van der Waals surface area (Å²) in [7, 11) is 1.56. The number of carbonyl (C=O) groups excluding carboxylic acids is 2. The van der Waals surface area contributed by atoms with E-state index in [2.05, 4.69) is 15.3 Å². The van der Waals surface area contributed by atoms with Crippen molar-refractivity contribution in [3.05, 3.63) is 88.1 Å². The molecule has 1 aliphatic heterocycles. The maximum absolute atomic E-state index is 14.2. The van der Waals surface area contributed by atoms with Gasteiger partial charge in [0.05, 0.1) is 0 Å². The highest BCUT2D eigenvalue weighted by Crippen LogP contribution is 2.28. The van der Waals surface area contributed by atoms with Gasteiger partial charge in [-0.05, 0) is 66.3 Å². The molecule has 0 saturated carbocycles. The van der Waals surface area contributed by atoms with Crippen LogP contribution >= 0.6 is 0 Å². The predicted octanol–water partition coefficient (Wildman–Crippen LogP) is 3.08. The number of nitrogens with zero attached hydrogens (tertiary/aromatic N) is 3. The predicted molar refractivity (Wildman–Crippen MR) is 111 cm³/mol. The molecule has 4 rings (SSSR count). The molecule has 0 radical (unpaired) electrons. The maximum atomic E-state index is 14.2. The van der Waals surface area contributed by atoms with Gasteiger partial charge in [0.1, 0.15) is 5.69 Å². The Balaban J connectivity index is 1.63. The van der Waals surface area contributed by atoms with Crippen LogP contribution < -0.4 is 10.2 Å². The summed E-state index contributed by atoms with van der Waals surface area (Å²) >= 11 is 0. The molecule has 0 aliphatic carbocycles. The average Bonchev–Trinajstić information content (AvgIpc) is 2.76. The number of aromatic nitrogens is 2. The van der Waals surface area contributed by atoms with Gasteiger partial charge in [-0.25, -0.2) is 9.37 Å². The number of fused-ring (bicyclic) bond motifs is 1. The zero-order chi connectivity index (χ0) is 21.3. The molecule has 0 unspecified atom stereocenters. The quantitative estimate of drug-likeness (QED) is 0.725. The maximum Gasteiger partial charge on any atom is 0.269 e. The molecule has 0 spiro atoms. The van der Waals surface area contributed by atoms with Gasteiger partial charge in [-0.2, -0.15) is 0 Å². The van der Waals surface area contributed by atoms with Crippen molar-refractivity contribution in [2.45, 2.75) is 19.8 Å². The number of aryl methyl sites for hydroxylation is 1. The number of halogens is 1. The fourth-order valence-corrected chi connectivity index (χ4v) is 3.68. The Morgan fingerprint density at radius 2 is 2.07 bits per heavy atom. The van der Waals surface area contributed by atoms with Crippen LogP contribution in [0.5, 0.6) is 0 Å². The molecule has 1 aromatic carbocycles. The lowest BCUT2D eigenvalue weighted by Gasteiger charge is -2.28. The summed E-state index contributed by atoms with van der Waals surface area (Å²) in [5.74, 6) is -0.935. The van der Waals surface area contributed by atoms with Crippen molar-refractivity contribution >= 4 is 17.6 Å². The van der Waals surface area contributed by atoms with Gasteiger partial charge in [-0.1, -0.05) is 12.1 Å². The van der Waals surface area contributed by atoms with Gasteiger partial charge < -0.3 is 5.32 Å². The van der Waals surface area contributed by atoms with Gasteiger partial charge in [0.2, 0.25) is 0 Å². The molecular formula is C23H21FN4O2. The van der Waals surface area contributed by atoms with E-state index in [1.165, 1.54) is 23.2 Å². The van der Waals surface area contributed by atoms with Gasteiger partial charge in [0.25, 0.3) is 11.8 Å². The van der Waals surface area contributed by atoms with Crippen molar-refractivity contribution in [2.24, 2.45) is 0 Å². The normalized spacial score (nSPS) is 13.2. The topological polar surface area (TPSA) is 75.2 Å². The Labute approximate surface area is 173 Å². The number of benzene rings is 1. The van der Waals surface area contributed by atoms with Crippen LogP contribution in [0.2, 0.25) is 0 Å².